The van der Waals surface area contributed by atoms with E-state index < -0.39 is 0 Å². The van der Waals surface area contributed by atoms with Gasteiger partial charge in [0.2, 0.25) is 5.91 Å². The van der Waals surface area contributed by atoms with Gasteiger partial charge in [-0.2, -0.15) is 0 Å². The smallest absolute Gasteiger partial charge is 0.238 e. The molecule has 0 bridgehead atoms. The van der Waals surface area contributed by atoms with Crippen molar-refractivity contribution in [1.29, 1.82) is 0 Å². The SMILES string of the molecule is Cc1cc(CNCC(=O)Nc2ccccc2Cl)no1. The predicted molar refractivity (Wildman–Crippen MR) is 73.0 cm³/mol. The molecule has 6 heteroatoms. The van der Waals surface area contributed by atoms with E-state index in [4.69, 9.17) is 16.1 Å². The lowest BCUT2D eigenvalue weighted by Crippen LogP contribution is -2.27. The highest BCUT2D eigenvalue weighted by atomic mass is 35.5. The molecule has 100 valence electrons. The Hall–Kier alpha value is -1.85. The number of anilines is 1. The van der Waals surface area contributed by atoms with Crippen LogP contribution in [0.3, 0.4) is 0 Å². The van der Waals surface area contributed by atoms with Crippen molar-refractivity contribution < 1.29 is 9.32 Å². The first-order valence-corrected chi connectivity index (χ1v) is 6.20. The number of nitrogens with one attached hydrogen (secondary N) is 2. The fraction of sp³-hybridized carbons (Fsp3) is 0.231. The van der Waals surface area contributed by atoms with Crippen LogP contribution in [-0.4, -0.2) is 17.6 Å². The van der Waals surface area contributed by atoms with Gasteiger partial charge in [-0.3, -0.25) is 4.79 Å². The molecule has 0 spiro atoms. The molecule has 1 aromatic heterocycles. The average Bonchev–Trinajstić information content (AvgIpc) is 2.78. The van der Waals surface area contributed by atoms with Crippen LogP contribution in [0.2, 0.25) is 5.02 Å². The minimum atomic E-state index is -0.159. The van der Waals surface area contributed by atoms with Crippen molar-refractivity contribution in [2.24, 2.45) is 0 Å². The van der Waals surface area contributed by atoms with E-state index in [1.807, 2.05) is 25.1 Å². The van der Waals surface area contributed by atoms with Crippen molar-refractivity contribution in [2.45, 2.75) is 13.5 Å². The molecule has 0 atom stereocenters. The monoisotopic (exact) mass is 279 g/mol. The molecular formula is C13H14ClN3O2. The van der Waals surface area contributed by atoms with E-state index in [0.29, 0.717) is 17.3 Å². The first-order chi connectivity index (χ1) is 9.15. The molecule has 0 aliphatic carbocycles. The molecule has 2 aromatic rings. The molecule has 0 aliphatic rings. The zero-order chi connectivity index (χ0) is 13.7. The van der Waals surface area contributed by atoms with Crippen molar-refractivity contribution in [1.82, 2.24) is 10.5 Å². The quantitative estimate of drug-likeness (QED) is 0.882. The third-order valence-electron chi connectivity index (χ3n) is 2.42. The predicted octanol–water partition coefficient (Wildman–Crippen LogP) is 2.36. The van der Waals surface area contributed by atoms with Gasteiger partial charge in [0.25, 0.3) is 0 Å². The lowest BCUT2D eigenvalue weighted by Gasteiger charge is -2.07. The van der Waals surface area contributed by atoms with Crippen LogP contribution in [0.5, 0.6) is 0 Å². The van der Waals surface area contributed by atoms with Gasteiger partial charge in [0.05, 0.1) is 22.9 Å². The maximum Gasteiger partial charge on any atom is 0.238 e. The molecule has 0 aliphatic heterocycles. The molecule has 1 aromatic carbocycles. The average molecular weight is 280 g/mol. The Morgan fingerprint density at radius 1 is 1.42 bits per heavy atom. The largest absolute Gasteiger partial charge is 0.361 e. The van der Waals surface area contributed by atoms with Gasteiger partial charge in [-0.15, -0.1) is 0 Å². The van der Waals surface area contributed by atoms with Crippen LogP contribution in [0, 0.1) is 6.92 Å². The van der Waals surface area contributed by atoms with E-state index in [0.717, 1.165) is 11.5 Å². The molecule has 0 unspecified atom stereocenters. The van der Waals surface area contributed by atoms with E-state index in [2.05, 4.69) is 15.8 Å². The van der Waals surface area contributed by atoms with Crippen molar-refractivity contribution in [3.8, 4) is 0 Å². The highest BCUT2D eigenvalue weighted by Crippen LogP contribution is 2.19. The van der Waals surface area contributed by atoms with Crippen molar-refractivity contribution in [3.05, 3.63) is 46.8 Å². The molecule has 0 saturated carbocycles. The Labute approximate surface area is 115 Å². The fourth-order valence-electron chi connectivity index (χ4n) is 1.56. The summed E-state index contributed by atoms with van der Waals surface area (Å²) in [6.07, 6.45) is 0. The molecule has 0 radical (unpaired) electrons. The maximum absolute atomic E-state index is 11.7. The summed E-state index contributed by atoms with van der Waals surface area (Å²) in [4.78, 5) is 11.7. The van der Waals surface area contributed by atoms with Gasteiger partial charge < -0.3 is 15.2 Å². The number of nitrogens with zero attached hydrogens (tertiary/aromatic N) is 1. The first kappa shape index (κ1) is 13.6. The minimum absolute atomic E-state index is 0.159. The normalized spacial score (nSPS) is 10.4. The Morgan fingerprint density at radius 3 is 2.89 bits per heavy atom. The molecule has 1 amide bonds. The summed E-state index contributed by atoms with van der Waals surface area (Å²) in [5.41, 5.74) is 1.37. The van der Waals surface area contributed by atoms with Crippen LogP contribution >= 0.6 is 11.6 Å². The molecule has 5 nitrogen and oxygen atoms in total. The van der Waals surface area contributed by atoms with Crippen LogP contribution in [-0.2, 0) is 11.3 Å². The van der Waals surface area contributed by atoms with Gasteiger partial charge >= 0.3 is 0 Å². The van der Waals surface area contributed by atoms with E-state index in [9.17, 15) is 4.79 Å². The Balaban J connectivity index is 1.77. The maximum atomic E-state index is 11.7. The van der Waals surface area contributed by atoms with Gasteiger partial charge in [-0.25, -0.2) is 0 Å². The van der Waals surface area contributed by atoms with Gasteiger partial charge in [-0.05, 0) is 19.1 Å². The molecule has 2 N–H and O–H groups in total. The zero-order valence-corrected chi connectivity index (χ0v) is 11.2. The third-order valence-corrected chi connectivity index (χ3v) is 2.75. The van der Waals surface area contributed by atoms with Gasteiger partial charge in [0.15, 0.2) is 0 Å². The number of halogens is 1. The second-order valence-electron chi connectivity index (χ2n) is 4.06. The molecule has 1 heterocycles. The van der Waals surface area contributed by atoms with Gasteiger partial charge in [-0.1, -0.05) is 28.9 Å². The van der Waals surface area contributed by atoms with Gasteiger partial charge in [0, 0.05) is 12.6 Å². The number of carbonyl (C=O) groups excluding carboxylic acids is 1. The second kappa shape index (κ2) is 6.36. The summed E-state index contributed by atoms with van der Waals surface area (Å²) in [6, 6.07) is 8.92. The van der Waals surface area contributed by atoms with Crippen LogP contribution in [0.25, 0.3) is 0 Å². The number of para-hydroxylation sites is 1. The topological polar surface area (TPSA) is 67.2 Å². The van der Waals surface area contributed by atoms with Crippen LogP contribution in [0.15, 0.2) is 34.9 Å². The van der Waals surface area contributed by atoms with E-state index >= 15 is 0 Å². The number of rotatable bonds is 5. The lowest BCUT2D eigenvalue weighted by atomic mass is 10.3. The Morgan fingerprint density at radius 2 is 2.21 bits per heavy atom. The number of aromatic nitrogens is 1. The fourth-order valence-corrected chi connectivity index (χ4v) is 1.75. The number of carbonyl (C=O) groups is 1. The molecule has 2 rings (SSSR count). The summed E-state index contributed by atoms with van der Waals surface area (Å²) in [6.45, 7) is 2.48. The standard InChI is InChI=1S/C13H14ClN3O2/c1-9-6-10(17-19-9)7-15-8-13(18)16-12-5-3-2-4-11(12)14/h2-6,15H,7-8H2,1H3,(H,16,18). The molecule has 19 heavy (non-hydrogen) atoms. The van der Waals surface area contributed by atoms with Crippen molar-refractivity contribution in [3.63, 3.8) is 0 Å². The third kappa shape index (κ3) is 4.08. The summed E-state index contributed by atoms with van der Waals surface area (Å²) >= 11 is 5.94. The van der Waals surface area contributed by atoms with E-state index in [1.54, 1.807) is 12.1 Å². The number of amides is 1. The minimum Gasteiger partial charge on any atom is -0.361 e. The van der Waals surface area contributed by atoms with E-state index in [1.165, 1.54) is 0 Å². The summed E-state index contributed by atoms with van der Waals surface area (Å²) in [5, 5.41) is 10.0. The summed E-state index contributed by atoms with van der Waals surface area (Å²) in [5.74, 6) is 0.589. The van der Waals surface area contributed by atoms with Crippen LogP contribution in [0.4, 0.5) is 5.69 Å². The first-order valence-electron chi connectivity index (χ1n) is 5.82. The number of aryl methyl sites for hydroxylation is 1. The number of hydrogen-bond acceptors (Lipinski definition) is 4. The molecule has 0 saturated heterocycles. The lowest BCUT2D eigenvalue weighted by molar-refractivity contribution is -0.115. The Kier molecular flexibility index (Phi) is 4.54. The van der Waals surface area contributed by atoms with Crippen LogP contribution < -0.4 is 10.6 Å². The van der Waals surface area contributed by atoms with Gasteiger partial charge in [0.1, 0.15) is 5.76 Å². The highest BCUT2D eigenvalue weighted by molar-refractivity contribution is 6.33. The van der Waals surface area contributed by atoms with Crippen LogP contribution in [0.1, 0.15) is 11.5 Å². The zero-order valence-electron chi connectivity index (χ0n) is 10.4. The molecule has 0 fully saturated rings. The number of hydrogen-bond donors (Lipinski definition) is 2. The number of benzene rings is 1. The summed E-state index contributed by atoms with van der Waals surface area (Å²) < 4.78 is 4.93. The summed E-state index contributed by atoms with van der Waals surface area (Å²) in [7, 11) is 0. The van der Waals surface area contributed by atoms with Crippen molar-refractivity contribution in [2.75, 3.05) is 11.9 Å². The Bertz CT molecular complexity index is 569. The second-order valence-corrected chi connectivity index (χ2v) is 4.47. The highest BCUT2D eigenvalue weighted by Gasteiger charge is 2.05. The van der Waals surface area contributed by atoms with E-state index in [-0.39, 0.29) is 12.5 Å². The molecular weight excluding hydrogens is 266 g/mol. The van der Waals surface area contributed by atoms with Crippen molar-refractivity contribution >= 4 is 23.2 Å².